The van der Waals surface area contributed by atoms with E-state index < -0.39 is 12.0 Å². The number of carbonyl (C=O) groups is 2. The number of fused-ring (bicyclic) bond motifs is 1. The van der Waals surface area contributed by atoms with E-state index in [1.807, 2.05) is 0 Å². The predicted octanol–water partition coefficient (Wildman–Crippen LogP) is 1.58. The van der Waals surface area contributed by atoms with E-state index in [9.17, 15) is 14.7 Å². The zero-order valence-electron chi connectivity index (χ0n) is 11.5. The molecule has 3 rings (SSSR count). The lowest BCUT2D eigenvalue weighted by Gasteiger charge is -2.32. The number of hydrogen-bond donors (Lipinski definition) is 2. The summed E-state index contributed by atoms with van der Waals surface area (Å²) in [4.78, 5) is 25.8. The van der Waals surface area contributed by atoms with Crippen LogP contribution in [0.5, 0.6) is 0 Å². The van der Waals surface area contributed by atoms with Crippen LogP contribution in [0.2, 0.25) is 0 Å². The second kappa shape index (κ2) is 4.92. The van der Waals surface area contributed by atoms with Crippen LogP contribution in [0.1, 0.15) is 48.2 Å². The molecule has 1 aromatic rings. The lowest BCUT2D eigenvalue weighted by Crippen LogP contribution is -2.46. The Bertz CT molecular complexity index is 540. The molecule has 2 N–H and O–H groups in total. The third-order valence-electron chi connectivity index (χ3n) is 4.67. The molecule has 0 aromatic carbocycles. The Balaban J connectivity index is 1.93. The topological polar surface area (TPSA) is 86.3 Å². The first-order valence-corrected chi connectivity index (χ1v) is 7.15. The normalized spacial score (nSPS) is 29.2. The van der Waals surface area contributed by atoms with Gasteiger partial charge in [-0.25, -0.2) is 4.79 Å². The van der Waals surface area contributed by atoms with Crippen molar-refractivity contribution in [1.82, 2.24) is 15.1 Å². The summed E-state index contributed by atoms with van der Waals surface area (Å²) in [5, 5.41) is 16.0. The summed E-state index contributed by atoms with van der Waals surface area (Å²) >= 11 is 0. The molecule has 1 aromatic heterocycles. The molecule has 1 aliphatic heterocycles. The Morgan fingerprint density at radius 1 is 1.40 bits per heavy atom. The van der Waals surface area contributed by atoms with Gasteiger partial charge in [-0.1, -0.05) is 12.8 Å². The molecule has 108 valence electrons. The van der Waals surface area contributed by atoms with E-state index in [1.165, 1.54) is 6.20 Å². The van der Waals surface area contributed by atoms with Crippen molar-refractivity contribution in [2.75, 3.05) is 0 Å². The largest absolute Gasteiger partial charge is 0.480 e. The first-order chi connectivity index (χ1) is 9.59. The highest BCUT2D eigenvalue weighted by Gasteiger charge is 2.47. The number of likely N-dealkylation sites (tertiary alicyclic amines) is 1. The maximum Gasteiger partial charge on any atom is 0.326 e. The molecule has 2 fully saturated rings. The number of carboxylic acids is 1. The summed E-state index contributed by atoms with van der Waals surface area (Å²) in [6.07, 6.45) is 6.23. The van der Waals surface area contributed by atoms with E-state index in [1.54, 1.807) is 11.8 Å². The van der Waals surface area contributed by atoms with Gasteiger partial charge in [0.25, 0.3) is 5.91 Å². The van der Waals surface area contributed by atoms with Crippen LogP contribution >= 0.6 is 0 Å². The minimum Gasteiger partial charge on any atom is -0.480 e. The quantitative estimate of drug-likeness (QED) is 0.859. The molecule has 2 aliphatic rings. The summed E-state index contributed by atoms with van der Waals surface area (Å²) in [6, 6.07) is -0.614. The number of aromatic nitrogens is 2. The number of amides is 1. The SMILES string of the molecule is Cc1[nH]ncc1C(=O)N1[C@H](C(=O)O)C[C@H]2CCCC[C@@H]21. The molecule has 1 saturated heterocycles. The Labute approximate surface area is 117 Å². The van der Waals surface area contributed by atoms with Crippen molar-refractivity contribution in [1.29, 1.82) is 0 Å². The molecule has 0 unspecified atom stereocenters. The third-order valence-corrected chi connectivity index (χ3v) is 4.67. The van der Waals surface area contributed by atoms with Crippen molar-refractivity contribution in [3.05, 3.63) is 17.5 Å². The summed E-state index contributed by atoms with van der Waals surface area (Å²) in [5.74, 6) is -0.757. The van der Waals surface area contributed by atoms with E-state index >= 15 is 0 Å². The first kappa shape index (κ1) is 13.1. The Kier molecular flexibility index (Phi) is 3.23. The van der Waals surface area contributed by atoms with Gasteiger partial charge in [0.05, 0.1) is 11.8 Å². The average molecular weight is 277 g/mol. The van der Waals surface area contributed by atoms with Gasteiger partial charge in [0, 0.05) is 11.7 Å². The number of aryl methyl sites for hydroxylation is 1. The standard InChI is InChI=1S/C14H19N3O3/c1-8-10(7-15-16-8)13(18)17-11-5-3-2-4-9(11)6-12(17)14(19)20/h7,9,11-12H,2-6H2,1H3,(H,15,16)(H,19,20)/t9-,11+,12+/m1/s1. The zero-order chi connectivity index (χ0) is 14.3. The number of aliphatic carboxylic acids is 1. The minimum absolute atomic E-state index is 0.0756. The maximum absolute atomic E-state index is 12.7. The molecular formula is C14H19N3O3. The Morgan fingerprint density at radius 2 is 2.15 bits per heavy atom. The number of carbonyl (C=O) groups excluding carboxylic acids is 1. The van der Waals surface area contributed by atoms with Gasteiger partial charge in [0.2, 0.25) is 0 Å². The lowest BCUT2D eigenvalue weighted by atomic mass is 9.84. The molecule has 3 atom stereocenters. The van der Waals surface area contributed by atoms with Crippen LogP contribution in [-0.2, 0) is 4.79 Å². The van der Waals surface area contributed by atoms with Gasteiger partial charge in [-0.05, 0) is 32.1 Å². The van der Waals surface area contributed by atoms with E-state index in [-0.39, 0.29) is 11.9 Å². The highest BCUT2D eigenvalue weighted by atomic mass is 16.4. The number of carboxylic acid groups (broad SMARTS) is 1. The van der Waals surface area contributed by atoms with Gasteiger partial charge in [-0.15, -0.1) is 0 Å². The second-order valence-electron chi connectivity index (χ2n) is 5.82. The predicted molar refractivity (Wildman–Crippen MR) is 71.3 cm³/mol. The number of H-pyrrole nitrogens is 1. The van der Waals surface area contributed by atoms with E-state index in [0.29, 0.717) is 23.6 Å². The Hall–Kier alpha value is -1.85. The summed E-state index contributed by atoms with van der Waals surface area (Å²) in [7, 11) is 0. The summed E-state index contributed by atoms with van der Waals surface area (Å²) in [5.41, 5.74) is 1.18. The maximum atomic E-state index is 12.7. The highest BCUT2D eigenvalue weighted by Crippen LogP contribution is 2.40. The molecule has 0 spiro atoms. The van der Waals surface area contributed by atoms with Crippen LogP contribution in [-0.4, -0.2) is 44.2 Å². The van der Waals surface area contributed by atoms with Crippen molar-refractivity contribution in [2.24, 2.45) is 5.92 Å². The van der Waals surface area contributed by atoms with Crippen molar-refractivity contribution < 1.29 is 14.7 Å². The number of hydrogen-bond acceptors (Lipinski definition) is 3. The van der Waals surface area contributed by atoms with Crippen LogP contribution in [0.4, 0.5) is 0 Å². The van der Waals surface area contributed by atoms with Crippen molar-refractivity contribution in [2.45, 2.75) is 51.1 Å². The van der Waals surface area contributed by atoms with Gasteiger partial charge in [-0.2, -0.15) is 5.10 Å². The van der Waals surface area contributed by atoms with Crippen LogP contribution < -0.4 is 0 Å². The van der Waals surface area contributed by atoms with Gasteiger partial charge in [-0.3, -0.25) is 9.89 Å². The molecular weight excluding hydrogens is 258 g/mol. The van der Waals surface area contributed by atoms with E-state index in [4.69, 9.17) is 0 Å². The van der Waals surface area contributed by atoms with Gasteiger partial charge < -0.3 is 10.0 Å². The number of nitrogens with one attached hydrogen (secondary N) is 1. The van der Waals surface area contributed by atoms with Crippen LogP contribution in [0, 0.1) is 12.8 Å². The molecule has 1 amide bonds. The van der Waals surface area contributed by atoms with Crippen molar-refractivity contribution >= 4 is 11.9 Å². The monoisotopic (exact) mass is 277 g/mol. The molecule has 20 heavy (non-hydrogen) atoms. The number of rotatable bonds is 2. The second-order valence-corrected chi connectivity index (χ2v) is 5.82. The fraction of sp³-hybridized carbons (Fsp3) is 0.643. The van der Waals surface area contributed by atoms with Crippen LogP contribution in [0.25, 0.3) is 0 Å². The third kappa shape index (κ3) is 1.99. The molecule has 6 heteroatoms. The average Bonchev–Trinajstić information content (AvgIpc) is 3.01. The molecule has 1 saturated carbocycles. The van der Waals surface area contributed by atoms with Crippen molar-refractivity contribution in [3.8, 4) is 0 Å². The molecule has 0 bridgehead atoms. The van der Waals surface area contributed by atoms with Gasteiger partial charge in [0.1, 0.15) is 6.04 Å². The smallest absolute Gasteiger partial charge is 0.326 e. The van der Waals surface area contributed by atoms with E-state index in [2.05, 4.69) is 10.2 Å². The number of aromatic amines is 1. The molecule has 1 aliphatic carbocycles. The fourth-order valence-electron chi connectivity index (χ4n) is 3.68. The highest BCUT2D eigenvalue weighted by molar-refractivity contribution is 5.98. The summed E-state index contributed by atoms with van der Waals surface area (Å²) < 4.78 is 0. The van der Waals surface area contributed by atoms with Crippen molar-refractivity contribution in [3.63, 3.8) is 0 Å². The minimum atomic E-state index is -0.895. The molecule has 6 nitrogen and oxygen atoms in total. The Morgan fingerprint density at radius 3 is 2.80 bits per heavy atom. The van der Waals surface area contributed by atoms with Gasteiger partial charge in [0.15, 0.2) is 0 Å². The molecule has 2 heterocycles. The van der Waals surface area contributed by atoms with Crippen LogP contribution in [0.15, 0.2) is 6.20 Å². The molecule has 0 radical (unpaired) electrons. The zero-order valence-corrected chi connectivity index (χ0v) is 11.5. The fourth-order valence-corrected chi connectivity index (χ4v) is 3.68. The number of nitrogens with zero attached hydrogens (tertiary/aromatic N) is 2. The van der Waals surface area contributed by atoms with Crippen LogP contribution in [0.3, 0.4) is 0 Å². The van der Waals surface area contributed by atoms with E-state index in [0.717, 1.165) is 25.7 Å². The summed E-state index contributed by atoms with van der Waals surface area (Å²) in [6.45, 7) is 1.78. The van der Waals surface area contributed by atoms with Gasteiger partial charge >= 0.3 is 5.97 Å². The first-order valence-electron chi connectivity index (χ1n) is 7.15. The lowest BCUT2D eigenvalue weighted by molar-refractivity contribution is -0.141.